The standard InChI is InChI=1S/C11H15.FH2O3P.Li/c1-4-11(2,3)10-8-6-5-7-9-10;1-5(2,3)4;/h6-9H,4H2,1-3H3;(H2,2,3,4);/q-1;;+1. The molecule has 0 heterocycles. The largest absolute Gasteiger partial charge is 1.00 e. The molecule has 92 valence electrons. The van der Waals surface area contributed by atoms with E-state index < -0.39 is 7.91 Å². The van der Waals surface area contributed by atoms with Crippen LogP contribution in [0.4, 0.5) is 4.20 Å². The molecular formula is C11H17FLiO3P. The summed E-state index contributed by atoms with van der Waals surface area (Å²) in [7, 11) is -5.14. The summed E-state index contributed by atoms with van der Waals surface area (Å²) in [6.45, 7) is 6.75. The third-order valence-electron chi connectivity index (χ3n) is 2.38. The Hall–Kier alpha value is -0.103. The van der Waals surface area contributed by atoms with Crippen LogP contribution < -0.4 is 18.9 Å². The van der Waals surface area contributed by atoms with Crippen LogP contribution in [-0.4, -0.2) is 9.79 Å². The molecule has 3 nitrogen and oxygen atoms in total. The molecule has 0 bridgehead atoms. The van der Waals surface area contributed by atoms with Crippen LogP contribution >= 0.6 is 7.91 Å². The molecule has 0 fully saturated rings. The summed E-state index contributed by atoms with van der Waals surface area (Å²) in [5, 5.41) is 0. The van der Waals surface area contributed by atoms with E-state index in [4.69, 9.17) is 14.4 Å². The van der Waals surface area contributed by atoms with Crippen molar-refractivity contribution in [3.8, 4) is 0 Å². The quantitative estimate of drug-likeness (QED) is 0.451. The zero-order valence-electron chi connectivity index (χ0n) is 10.6. The maximum absolute atomic E-state index is 10.4. The first-order valence-electron chi connectivity index (χ1n) is 4.88. The van der Waals surface area contributed by atoms with E-state index in [-0.39, 0.29) is 18.9 Å². The molecule has 0 spiro atoms. The van der Waals surface area contributed by atoms with Gasteiger partial charge < -0.3 is 0 Å². The summed E-state index contributed by atoms with van der Waals surface area (Å²) in [6, 6.07) is 11.3. The van der Waals surface area contributed by atoms with E-state index in [0.717, 1.165) is 0 Å². The van der Waals surface area contributed by atoms with Crippen molar-refractivity contribution in [2.24, 2.45) is 0 Å². The SMILES string of the molecule is CCC(C)(C)c1cc[c-]cc1.O=P(O)(O)F.[Li+]. The van der Waals surface area contributed by atoms with E-state index in [1.54, 1.807) is 0 Å². The summed E-state index contributed by atoms with van der Waals surface area (Å²) < 4.78 is 19.0. The van der Waals surface area contributed by atoms with Crippen molar-refractivity contribution >= 4 is 7.91 Å². The van der Waals surface area contributed by atoms with Gasteiger partial charge in [0.1, 0.15) is 0 Å². The Morgan fingerprint density at radius 1 is 1.35 bits per heavy atom. The van der Waals surface area contributed by atoms with E-state index in [0.29, 0.717) is 5.41 Å². The molecule has 1 aromatic rings. The molecule has 0 aliphatic rings. The third-order valence-corrected chi connectivity index (χ3v) is 2.38. The van der Waals surface area contributed by atoms with E-state index in [9.17, 15) is 4.20 Å². The molecule has 0 amide bonds. The van der Waals surface area contributed by atoms with Gasteiger partial charge in [-0.2, -0.15) is 35.9 Å². The van der Waals surface area contributed by atoms with Gasteiger partial charge in [-0.15, -0.1) is 4.20 Å². The summed E-state index contributed by atoms with van der Waals surface area (Å²) in [4.78, 5) is 13.9. The smallest absolute Gasteiger partial charge is 0.299 e. The fourth-order valence-corrected chi connectivity index (χ4v) is 1.04. The first-order chi connectivity index (χ1) is 7.17. The molecule has 6 heteroatoms. The Morgan fingerprint density at radius 2 is 1.71 bits per heavy atom. The summed E-state index contributed by atoms with van der Waals surface area (Å²) >= 11 is 0. The molecule has 0 unspecified atom stereocenters. The number of hydrogen-bond acceptors (Lipinski definition) is 1. The molecule has 0 atom stereocenters. The van der Waals surface area contributed by atoms with E-state index in [1.807, 2.05) is 12.1 Å². The Kier molecular flexibility index (Phi) is 9.14. The second-order valence-corrected chi connectivity index (χ2v) is 4.94. The van der Waals surface area contributed by atoms with Crippen LogP contribution in [0, 0.1) is 6.07 Å². The number of halogens is 1. The number of rotatable bonds is 2. The Morgan fingerprint density at radius 3 is 2.00 bits per heavy atom. The predicted octanol–water partition coefficient (Wildman–Crippen LogP) is 0.227. The minimum atomic E-state index is -5.14. The van der Waals surface area contributed by atoms with E-state index in [1.165, 1.54) is 12.0 Å². The molecule has 0 saturated carbocycles. The van der Waals surface area contributed by atoms with E-state index >= 15 is 0 Å². The maximum atomic E-state index is 10.4. The van der Waals surface area contributed by atoms with Crippen molar-refractivity contribution in [3.63, 3.8) is 0 Å². The van der Waals surface area contributed by atoms with Gasteiger partial charge >= 0.3 is 26.8 Å². The first kappa shape index (κ1) is 19.2. The van der Waals surface area contributed by atoms with Gasteiger partial charge in [0.05, 0.1) is 0 Å². The van der Waals surface area contributed by atoms with Gasteiger partial charge in [-0.05, 0) is 11.8 Å². The second-order valence-electron chi connectivity index (χ2n) is 4.00. The second kappa shape index (κ2) is 8.08. The number of hydrogen-bond donors (Lipinski definition) is 2. The van der Waals surface area contributed by atoms with E-state index in [2.05, 4.69) is 39.0 Å². The van der Waals surface area contributed by atoms with Crippen molar-refractivity contribution in [2.75, 3.05) is 0 Å². The normalized spacial score (nSPS) is 10.9. The minimum absolute atomic E-state index is 0. The molecule has 1 aromatic carbocycles. The fourth-order valence-electron chi connectivity index (χ4n) is 1.04. The monoisotopic (exact) mass is 254 g/mol. The molecule has 0 radical (unpaired) electrons. The zero-order valence-corrected chi connectivity index (χ0v) is 11.5. The van der Waals surface area contributed by atoms with Crippen molar-refractivity contribution in [2.45, 2.75) is 32.6 Å². The minimum Gasteiger partial charge on any atom is -0.299 e. The van der Waals surface area contributed by atoms with Crippen LogP contribution in [0.2, 0.25) is 0 Å². The van der Waals surface area contributed by atoms with Gasteiger partial charge in [0.25, 0.3) is 0 Å². The molecule has 2 N–H and O–H groups in total. The van der Waals surface area contributed by atoms with Crippen LogP contribution in [0.15, 0.2) is 24.3 Å². The van der Waals surface area contributed by atoms with Crippen molar-refractivity contribution in [1.29, 1.82) is 0 Å². The van der Waals surface area contributed by atoms with Crippen molar-refractivity contribution in [3.05, 3.63) is 35.9 Å². The molecular weight excluding hydrogens is 237 g/mol. The van der Waals surface area contributed by atoms with Gasteiger partial charge in [0.2, 0.25) is 0 Å². The average molecular weight is 254 g/mol. The molecule has 0 saturated heterocycles. The number of benzene rings is 1. The predicted molar refractivity (Wildman–Crippen MR) is 61.7 cm³/mol. The van der Waals surface area contributed by atoms with Crippen molar-refractivity contribution in [1.82, 2.24) is 0 Å². The third kappa shape index (κ3) is 10.8. The first-order valence-corrected chi connectivity index (χ1v) is 6.39. The Balaban J connectivity index is 0. The zero-order chi connectivity index (χ0) is 12.8. The Labute approximate surface area is 114 Å². The van der Waals surface area contributed by atoms with Crippen LogP contribution in [0.3, 0.4) is 0 Å². The molecule has 17 heavy (non-hydrogen) atoms. The molecule has 1 rings (SSSR count). The van der Waals surface area contributed by atoms with Crippen LogP contribution in [0.1, 0.15) is 32.8 Å². The molecule has 0 aromatic heterocycles. The molecule has 0 aliphatic heterocycles. The van der Waals surface area contributed by atoms with Crippen LogP contribution in [0.5, 0.6) is 0 Å². The van der Waals surface area contributed by atoms with Gasteiger partial charge in [-0.3, -0.25) is 9.79 Å². The summed E-state index contributed by atoms with van der Waals surface area (Å²) in [5.74, 6) is 0. The van der Waals surface area contributed by atoms with Gasteiger partial charge in [-0.1, -0.05) is 20.8 Å². The fraction of sp³-hybridized carbons (Fsp3) is 0.455. The van der Waals surface area contributed by atoms with Gasteiger partial charge in [0.15, 0.2) is 0 Å². The maximum Gasteiger partial charge on any atom is 1.00 e. The summed E-state index contributed by atoms with van der Waals surface area (Å²) in [6.07, 6.45) is 1.18. The van der Waals surface area contributed by atoms with Gasteiger partial charge in [0, 0.05) is 0 Å². The van der Waals surface area contributed by atoms with Crippen LogP contribution in [0.25, 0.3) is 0 Å². The topological polar surface area (TPSA) is 57.5 Å². The van der Waals surface area contributed by atoms with Gasteiger partial charge in [-0.25, -0.2) is 4.57 Å². The van der Waals surface area contributed by atoms with Crippen LogP contribution in [-0.2, 0) is 9.98 Å². The molecule has 0 aliphatic carbocycles. The Bertz CT molecular complexity index is 343. The average Bonchev–Trinajstić information content (AvgIpc) is 2.17. The van der Waals surface area contributed by atoms with Crippen molar-refractivity contribution < 1.29 is 37.4 Å². The summed E-state index contributed by atoms with van der Waals surface area (Å²) in [5.41, 5.74) is 1.72.